The second-order valence-corrected chi connectivity index (χ2v) is 6.90. The lowest BCUT2D eigenvalue weighted by molar-refractivity contribution is 0.0936. The van der Waals surface area contributed by atoms with Crippen LogP contribution in [-0.2, 0) is 0 Å². The highest BCUT2D eigenvalue weighted by molar-refractivity contribution is 6.32. The molecule has 0 saturated heterocycles. The SMILES string of the molecule is COc1ccc(-c2ccc(C(=O)n3c(C)c(C(N)=O)c4ccccc43)o2)cc1Cl. The van der Waals surface area contributed by atoms with Crippen LogP contribution < -0.4 is 10.5 Å². The zero-order chi connectivity index (χ0) is 20.7. The number of rotatable bonds is 4. The number of nitrogens with zero attached hydrogens (tertiary/aromatic N) is 1. The van der Waals surface area contributed by atoms with Crippen molar-refractivity contribution in [2.24, 2.45) is 5.73 Å². The van der Waals surface area contributed by atoms with Gasteiger partial charge in [0.1, 0.15) is 11.5 Å². The lowest BCUT2D eigenvalue weighted by Gasteiger charge is -2.06. The maximum absolute atomic E-state index is 13.2. The molecule has 0 aliphatic rings. The summed E-state index contributed by atoms with van der Waals surface area (Å²) in [5.74, 6) is 0.191. The maximum Gasteiger partial charge on any atom is 0.298 e. The summed E-state index contributed by atoms with van der Waals surface area (Å²) in [5.41, 5.74) is 7.63. The Morgan fingerprint density at radius 2 is 1.86 bits per heavy atom. The van der Waals surface area contributed by atoms with Crippen molar-refractivity contribution < 1.29 is 18.7 Å². The number of hydrogen-bond acceptors (Lipinski definition) is 4. The predicted octanol–water partition coefficient (Wildman–Crippen LogP) is 4.66. The number of methoxy groups -OCH3 is 1. The smallest absolute Gasteiger partial charge is 0.298 e. The van der Waals surface area contributed by atoms with Gasteiger partial charge >= 0.3 is 0 Å². The molecule has 0 radical (unpaired) electrons. The highest BCUT2D eigenvalue weighted by atomic mass is 35.5. The molecule has 0 fully saturated rings. The van der Waals surface area contributed by atoms with Crippen molar-refractivity contribution in [3.05, 3.63) is 76.6 Å². The zero-order valence-electron chi connectivity index (χ0n) is 15.7. The van der Waals surface area contributed by atoms with Crippen molar-refractivity contribution in [2.75, 3.05) is 7.11 Å². The first-order valence-electron chi connectivity index (χ1n) is 8.80. The normalized spacial score (nSPS) is 11.0. The second kappa shape index (κ2) is 7.14. The number of nitrogens with two attached hydrogens (primary N) is 1. The van der Waals surface area contributed by atoms with E-state index in [0.717, 1.165) is 0 Å². The lowest BCUT2D eigenvalue weighted by Crippen LogP contribution is -2.16. The number of para-hydroxylation sites is 1. The van der Waals surface area contributed by atoms with Gasteiger partial charge in [-0.3, -0.25) is 14.2 Å². The van der Waals surface area contributed by atoms with Crippen LogP contribution >= 0.6 is 11.6 Å². The molecule has 4 aromatic rings. The molecule has 0 spiro atoms. The molecule has 0 atom stereocenters. The fourth-order valence-electron chi connectivity index (χ4n) is 3.48. The van der Waals surface area contributed by atoms with Crippen molar-refractivity contribution in [1.82, 2.24) is 4.57 Å². The van der Waals surface area contributed by atoms with Crippen molar-refractivity contribution >= 4 is 34.3 Å². The number of halogens is 1. The Bertz CT molecular complexity index is 1270. The minimum Gasteiger partial charge on any atom is -0.495 e. The summed E-state index contributed by atoms with van der Waals surface area (Å²) in [6.07, 6.45) is 0. The first-order chi connectivity index (χ1) is 13.9. The molecule has 0 saturated carbocycles. The van der Waals surface area contributed by atoms with Crippen LogP contribution in [0.5, 0.6) is 5.75 Å². The molecule has 0 bridgehead atoms. The molecule has 2 heterocycles. The van der Waals surface area contributed by atoms with E-state index in [2.05, 4.69) is 0 Å². The third-order valence-corrected chi connectivity index (χ3v) is 5.11. The summed E-state index contributed by atoms with van der Waals surface area (Å²) >= 11 is 6.18. The molecule has 2 N–H and O–H groups in total. The largest absolute Gasteiger partial charge is 0.495 e. The van der Waals surface area contributed by atoms with Gasteiger partial charge in [0.25, 0.3) is 11.8 Å². The van der Waals surface area contributed by atoms with Crippen LogP contribution in [0.25, 0.3) is 22.2 Å². The second-order valence-electron chi connectivity index (χ2n) is 6.50. The number of fused-ring (bicyclic) bond motifs is 1. The van der Waals surface area contributed by atoms with Gasteiger partial charge in [-0.25, -0.2) is 0 Å². The molecule has 4 rings (SSSR count). The third-order valence-electron chi connectivity index (χ3n) is 4.81. The number of benzene rings is 2. The lowest BCUT2D eigenvalue weighted by atomic mass is 10.1. The number of primary amides is 1. The molecule has 146 valence electrons. The number of carbonyl (C=O) groups is 2. The zero-order valence-corrected chi connectivity index (χ0v) is 16.5. The van der Waals surface area contributed by atoms with E-state index in [1.807, 2.05) is 0 Å². The van der Waals surface area contributed by atoms with Gasteiger partial charge in [0.15, 0.2) is 5.76 Å². The fourth-order valence-corrected chi connectivity index (χ4v) is 3.74. The first kappa shape index (κ1) is 18.8. The number of hydrogen-bond donors (Lipinski definition) is 1. The highest BCUT2D eigenvalue weighted by Crippen LogP contribution is 2.32. The van der Waals surface area contributed by atoms with E-state index in [1.54, 1.807) is 61.5 Å². The quantitative estimate of drug-likeness (QED) is 0.532. The summed E-state index contributed by atoms with van der Waals surface area (Å²) in [4.78, 5) is 25.1. The van der Waals surface area contributed by atoms with Gasteiger partial charge in [0.05, 0.1) is 23.2 Å². The van der Waals surface area contributed by atoms with Crippen LogP contribution in [0.4, 0.5) is 0 Å². The Kier molecular flexibility index (Phi) is 4.64. The summed E-state index contributed by atoms with van der Waals surface area (Å²) in [6.45, 7) is 1.69. The Morgan fingerprint density at radius 3 is 2.55 bits per heavy atom. The average Bonchev–Trinajstić information content (AvgIpc) is 3.30. The van der Waals surface area contributed by atoms with Gasteiger partial charge in [-0.1, -0.05) is 29.8 Å². The van der Waals surface area contributed by atoms with Crippen molar-refractivity contribution in [2.45, 2.75) is 6.92 Å². The van der Waals surface area contributed by atoms with Gasteiger partial charge in [-0.15, -0.1) is 0 Å². The first-order valence-corrected chi connectivity index (χ1v) is 9.18. The standard InChI is InChI=1S/C22H17ClN2O4/c1-12-20(21(24)26)14-5-3-4-6-16(14)25(12)22(27)19-10-9-17(29-19)13-7-8-18(28-2)15(23)11-13/h3-11H,1-2H3,(H2,24,26). The highest BCUT2D eigenvalue weighted by Gasteiger charge is 2.24. The molecule has 2 aromatic carbocycles. The number of carbonyl (C=O) groups excluding carboxylic acids is 2. The fraction of sp³-hybridized carbons (Fsp3) is 0.0909. The molecule has 6 nitrogen and oxygen atoms in total. The molecule has 1 amide bonds. The van der Waals surface area contributed by atoms with E-state index in [-0.39, 0.29) is 5.76 Å². The van der Waals surface area contributed by atoms with Crippen LogP contribution in [-0.4, -0.2) is 23.5 Å². The van der Waals surface area contributed by atoms with E-state index in [0.29, 0.717) is 44.3 Å². The Hall–Kier alpha value is -3.51. The average molecular weight is 409 g/mol. The summed E-state index contributed by atoms with van der Waals surface area (Å²) in [7, 11) is 1.54. The molecule has 2 aromatic heterocycles. The predicted molar refractivity (Wildman–Crippen MR) is 111 cm³/mol. The Labute approximate surface area is 171 Å². The van der Waals surface area contributed by atoms with Gasteiger partial charge in [-0.05, 0) is 43.3 Å². The van der Waals surface area contributed by atoms with E-state index >= 15 is 0 Å². The molecular formula is C22H17ClN2O4. The molecular weight excluding hydrogens is 392 g/mol. The summed E-state index contributed by atoms with van der Waals surface area (Å²) in [6, 6.07) is 15.6. The van der Waals surface area contributed by atoms with E-state index in [4.69, 9.17) is 26.5 Å². The van der Waals surface area contributed by atoms with Gasteiger partial charge in [0, 0.05) is 16.6 Å². The van der Waals surface area contributed by atoms with Crippen molar-refractivity contribution in [3.8, 4) is 17.1 Å². The van der Waals surface area contributed by atoms with E-state index < -0.39 is 11.8 Å². The number of ether oxygens (including phenoxy) is 1. The van der Waals surface area contributed by atoms with Crippen LogP contribution in [0.2, 0.25) is 5.02 Å². The van der Waals surface area contributed by atoms with E-state index in [1.165, 1.54) is 11.7 Å². The van der Waals surface area contributed by atoms with Crippen LogP contribution in [0, 0.1) is 6.92 Å². The molecule has 29 heavy (non-hydrogen) atoms. The Balaban J connectivity index is 1.78. The molecule has 0 aliphatic heterocycles. The van der Waals surface area contributed by atoms with Gasteiger partial charge in [-0.2, -0.15) is 0 Å². The molecule has 0 aliphatic carbocycles. The van der Waals surface area contributed by atoms with Crippen LogP contribution in [0.1, 0.15) is 26.6 Å². The topological polar surface area (TPSA) is 87.5 Å². The summed E-state index contributed by atoms with van der Waals surface area (Å²) in [5, 5.41) is 1.06. The number of amides is 1. The maximum atomic E-state index is 13.2. The van der Waals surface area contributed by atoms with Crippen molar-refractivity contribution in [1.29, 1.82) is 0 Å². The summed E-state index contributed by atoms with van der Waals surface area (Å²) < 4.78 is 12.4. The van der Waals surface area contributed by atoms with Crippen molar-refractivity contribution in [3.63, 3.8) is 0 Å². The Morgan fingerprint density at radius 1 is 1.10 bits per heavy atom. The van der Waals surface area contributed by atoms with Gasteiger partial charge in [0.2, 0.25) is 0 Å². The number of aromatic nitrogens is 1. The minimum atomic E-state index is -0.585. The third kappa shape index (κ3) is 3.07. The minimum absolute atomic E-state index is 0.131. The number of furan rings is 1. The van der Waals surface area contributed by atoms with Crippen LogP contribution in [0.15, 0.2) is 59.0 Å². The van der Waals surface area contributed by atoms with Gasteiger partial charge < -0.3 is 14.9 Å². The molecule has 7 heteroatoms. The van der Waals surface area contributed by atoms with Crippen LogP contribution in [0.3, 0.4) is 0 Å². The monoisotopic (exact) mass is 408 g/mol. The molecule has 0 unspecified atom stereocenters. The van der Waals surface area contributed by atoms with E-state index in [9.17, 15) is 9.59 Å².